The lowest BCUT2D eigenvalue weighted by atomic mass is 10.1. The van der Waals surface area contributed by atoms with E-state index in [2.05, 4.69) is 10.6 Å². The molecule has 3 aromatic carbocycles. The van der Waals surface area contributed by atoms with E-state index < -0.39 is 11.9 Å². The summed E-state index contributed by atoms with van der Waals surface area (Å²) >= 11 is 0. The number of nitrogens with two attached hydrogens (primary N) is 1. The second kappa shape index (κ2) is 8.96. The number of benzene rings is 3. The van der Waals surface area contributed by atoms with Gasteiger partial charge in [-0.2, -0.15) is 0 Å². The van der Waals surface area contributed by atoms with Crippen molar-refractivity contribution in [2.75, 3.05) is 5.32 Å². The first kappa shape index (κ1) is 18.6. The molecule has 5 heteroatoms. The number of hydrogen-bond donors (Lipinski definition) is 3. The molecule has 4 N–H and O–H groups in total. The number of carbonyl (C=O) groups is 1. The number of amides is 1. The number of nitrogens with one attached hydrogen (secondary N) is 2. The fourth-order valence-corrected chi connectivity index (χ4v) is 2.84. The molecular formula is C22H22FN3O. The van der Waals surface area contributed by atoms with Crippen molar-refractivity contribution < 1.29 is 9.18 Å². The minimum absolute atomic E-state index is 0.238. The van der Waals surface area contributed by atoms with Crippen molar-refractivity contribution in [3.8, 4) is 0 Å². The first-order valence-corrected chi connectivity index (χ1v) is 8.77. The molecule has 138 valence electrons. The summed E-state index contributed by atoms with van der Waals surface area (Å²) in [6.07, 6.45) is 0. The van der Waals surface area contributed by atoms with Gasteiger partial charge in [-0.3, -0.25) is 10.1 Å². The molecule has 1 atom stereocenters. The molecule has 27 heavy (non-hydrogen) atoms. The first-order chi connectivity index (χ1) is 13.1. The van der Waals surface area contributed by atoms with Crippen LogP contribution in [0, 0.1) is 5.82 Å². The van der Waals surface area contributed by atoms with Crippen LogP contribution in [0.2, 0.25) is 0 Å². The standard InChI is InChI=1S/C22H22FN3O/c23-19-8-4-5-17(13-19)15-25-20-11-9-16(10-12-20)14-26-21(22(24)27)18-6-2-1-3-7-18/h1-13,21,25-26H,14-15H2,(H2,24,27). The molecule has 0 radical (unpaired) electrons. The van der Waals surface area contributed by atoms with Gasteiger partial charge in [0.05, 0.1) is 0 Å². The average Bonchev–Trinajstić information content (AvgIpc) is 2.68. The monoisotopic (exact) mass is 363 g/mol. The zero-order valence-corrected chi connectivity index (χ0v) is 14.9. The molecule has 0 aliphatic carbocycles. The Hall–Kier alpha value is -3.18. The molecule has 1 amide bonds. The first-order valence-electron chi connectivity index (χ1n) is 8.77. The van der Waals surface area contributed by atoms with Crippen molar-refractivity contribution in [3.05, 3.63) is 101 Å². The third kappa shape index (κ3) is 5.39. The molecular weight excluding hydrogens is 341 g/mol. The third-order valence-electron chi connectivity index (χ3n) is 4.27. The van der Waals surface area contributed by atoms with Crippen molar-refractivity contribution in [3.63, 3.8) is 0 Å². The van der Waals surface area contributed by atoms with Crippen LogP contribution in [0.15, 0.2) is 78.9 Å². The van der Waals surface area contributed by atoms with E-state index in [1.165, 1.54) is 12.1 Å². The van der Waals surface area contributed by atoms with E-state index in [9.17, 15) is 9.18 Å². The maximum Gasteiger partial charge on any atom is 0.239 e. The largest absolute Gasteiger partial charge is 0.381 e. The molecule has 0 aliphatic heterocycles. The highest BCUT2D eigenvalue weighted by Gasteiger charge is 2.16. The Kier molecular flexibility index (Phi) is 6.18. The Morgan fingerprint density at radius 2 is 1.63 bits per heavy atom. The normalized spacial score (nSPS) is 11.7. The van der Waals surface area contributed by atoms with Crippen molar-refractivity contribution in [1.29, 1.82) is 0 Å². The smallest absolute Gasteiger partial charge is 0.239 e. The van der Waals surface area contributed by atoms with Gasteiger partial charge in [0.15, 0.2) is 0 Å². The SMILES string of the molecule is NC(=O)C(NCc1ccc(NCc2cccc(F)c2)cc1)c1ccccc1. The maximum absolute atomic E-state index is 13.2. The topological polar surface area (TPSA) is 67.2 Å². The van der Waals surface area contributed by atoms with E-state index in [0.717, 1.165) is 22.4 Å². The summed E-state index contributed by atoms with van der Waals surface area (Å²) in [7, 11) is 0. The minimum atomic E-state index is -0.531. The summed E-state index contributed by atoms with van der Waals surface area (Å²) in [6, 6.07) is 23.3. The van der Waals surface area contributed by atoms with Gasteiger partial charge in [-0.1, -0.05) is 54.6 Å². The van der Waals surface area contributed by atoms with Crippen LogP contribution in [-0.4, -0.2) is 5.91 Å². The Morgan fingerprint density at radius 3 is 2.30 bits per heavy atom. The van der Waals surface area contributed by atoms with E-state index in [1.54, 1.807) is 6.07 Å². The lowest BCUT2D eigenvalue weighted by Gasteiger charge is -2.16. The lowest BCUT2D eigenvalue weighted by molar-refractivity contribution is -0.120. The Bertz CT molecular complexity index is 882. The second-order valence-corrected chi connectivity index (χ2v) is 6.31. The zero-order chi connectivity index (χ0) is 19.1. The van der Waals surface area contributed by atoms with Gasteiger partial charge in [-0.05, 0) is 41.0 Å². The zero-order valence-electron chi connectivity index (χ0n) is 14.9. The molecule has 0 spiro atoms. The predicted octanol–water partition coefficient (Wildman–Crippen LogP) is 3.75. The highest BCUT2D eigenvalue weighted by Crippen LogP contribution is 2.15. The maximum atomic E-state index is 13.2. The third-order valence-corrected chi connectivity index (χ3v) is 4.27. The summed E-state index contributed by atoms with van der Waals surface area (Å²) in [5.41, 5.74) is 9.23. The van der Waals surface area contributed by atoms with Crippen molar-refractivity contribution in [2.45, 2.75) is 19.1 Å². The van der Waals surface area contributed by atoms with Crippen LogP contribution in [0.25, 0.3) is 0 Å². The quantitative estimate of drug-likeness (QED) is 0.571. The second-order valence-electron chi connectivity index (χ2n) is 6.31. The fourth-order valence-electron chi connectivity index (χ4n) is 2.84. The molecule has 0 heterocycles. The summed E-state index contributed by atoms with van der Waals surface area (Å²) in [5, 5.41) is 6.46. The van der Waals surface area contributed by atoms with Gasteiger partial charge in [0, 0.05) is 18.8 Å². The van der Waals surface area contributed by atoms with Crippen LogP contribution in [0.1, 0.15) is 22.7 Å². The number of anilines is 1. The highest BCUT2D eigenvalue weighted by molar-refractivity contribution is 5.81. The van der Waals surface area contributed by atoms with Crippen LogP contribution in [0.3, 0.4) is 0 Å². The Morgan fingerprint density at radius 1 is 0.889 bits per heavy atom. The van der Waals surface area contributed by atoms with Gasteiger partial charge in [-0.25, -0.2) is 4.39 Å². The molecule has 0 aliphatic rings. The predicted molar refractivity (Wildman–Crippen MR) is 105 cm³/mol. The van der Waals surface area contributed by atoms with E-state index in [4.69, 9.17) is 5.73 Å². The van der Waals surface area contributed by atoms with E-state index in [-0.39, 0.29) is 5.82 Å². The van der Waals surface area contributed by atoms with Gasteiger partial charge >= 0.3 is 0 Å². The molecule has 0 saturated carbocycles. The molecule has 3 rings (SSSR count). The van der Waals surface area contributed by atoms with Crippen LogP contribution in [-0.2, 0) is 17.9 Å². The summed E-state index contributed by atoms with van der Waals surface area (Å²) in [5.74, 6) is -0.646. The van der Waals surface area contributed by atoms with Gasteiger partial charge < -0.3 is 11.1 Å². The van der Waals surface area contributed by atoms with Crippen molar-refractivity contribution >= 4 is 11.6 Å². The van der Waals surface area contributed by atoms with Gasteiger partial charge in [0.25, 0.3) is 0 Å². The van der Waals surface area contributed by atoms with E-state index in [0.29, 0.717) is 13.1 Å². The number of rotatable bonds is 8. The van der Waals surface area contributed by atoms with Gasteiger partial charge in [-0.15, -0.1) is 0 Å². The molecule has 4 nitrogen and oxygen atoms in total. The number of primary amides is 1. The van der Waals surface area contributed by atoms with E-state index >= 15 is 0 Å². The van der Waals surface area contributed by atoms with E-state index in [1.807, 2.05) is 60.7 Å². The lowest BCUT2D eigenvalue weighted by Crippen LogP contribution is -2.33. The minimum Gasteiger partial charge on any atom is -0.381 e. The molecule has 0 saturated heterocycles. The van der Waals surface area contributed by atoms with Crippen molar-refractivity contribution in [1.82, 2.24) is 5.32 Å². The molecule has 0 fully saturated rings. The summed E-state index contributed by atoms with van der Waals surface area (Å²) < 4.78 is 13.2. The highest BCUT2D eigenvalue weighted by atomic mass is 19.1. The molecule has 1 unspecified atom stereocenters. The Labute approximate surface area is 158 Å². The van der Waals surface area contributed by atoms with Gasteiger partial charge in [0.2, 0.25) is 5.91 Å². The summed E-state index contributed by atoms with van der Waals surface area (Å²) in [6.45, 7) is 1.07. The fraction of sp³-hybridized carbons (Fsp3) is 0.136. The number of hydrogen-bond acceptors (Lipinski definition) is 3. The van der Waals surface area contributed by atoms with Crippen LogP contribution in [0.4, 0.5) is 10.1 Å². The van der Waals surface area contributed by atoms with Gasteiger partial charge in [0.1, 0.15) is 11.9 Å². The van der Waals surface area contributed by atoms with Crippen LogP contribution in [0.5, 0.6) is 0 Å². The molecule has 3 aromatic rings. The van der Waals surface area contributed by atoms with Crippen LogP contribution < -0.4 is 16.4 Å². The number of halogens is 1. The summed E-state index contributed by atoms with van der Waals surface area (Å²) in [4.78, 5) is 11.7. The molecule has 0 bridgehead atoms. The van der Waals surface area contributed by atoms with Crippen LogP contribution >= 0.6 is 0 Å². The number of carbonyl (C=O) groups excluding carboxylic acids is 1. The van der Waals surface area contributed by atoms with Crippen molar-refractivity contribution in [2.24, 2.45) is 5.73 Å². The molecule has 0 aromatic heterocycles. The Balaban J connectivity index is 1.56. The average molecular weight is 363 g/mol.